The molecule has 0 bridgehead atoms. The lowest BCUT2D eigenvalue weighted by atomic mass is 10.0. The number of likely N-dealkylation sites (N-methyl/N-ethyl adjacent to an activating group) is 3. The Labute approximate surface area is 538 Å². The SMILES string of the molecule is C.CC1CCCN(C)C1=O.CN(C)CCN1CCCN(C)C1=O.CN1CCCC(O)C1=O.CN1CCCCC1=O.CN1CCCN(C)C1=O.CN1CCCN(CCO)C1=O.CN1CCCN(N)C1=O.CN1CCOCC1=O.Cn1cccc(CNC2CC2)c1=O. The lowest BCUT2D eigenvalue weighted by Gasteiger charge is -2.33. The van der Waals surface area contributed by atoms with Crippen LogP contribution in [0.4, 0.5) is 19.2 Å². The third-order valence-electron chi connectivity index (χ3n) is 16.0. The number of aliphatic hydroxyl groups is 2. The zero-order chi connectivity index (χ0) is 66.8. The average Bonchev–Trinajstić information content (AvgIpc) is 3.65. The van der Waals surface area contributed by atoms with Gasteiger partial charge in [0, 0.05) is 205 Å². The van der Waals surface area contributed by atoms with Crippen molar-refractivity contribution >= 4 is 47.8 Å². The van der Waals surface area contributed by atoms with Gasteiger partial charge in [0.05, 0.1) is 13.2 Å². The third kappa shape index (κ3) is 31.6. The van der Waals surface area contributed by atoms with Gasteiger partial charge in [-0.05, 0) is 97.2 Å². The molecule has 9 fully saturated rings. The lowest BCUT2D eigenvalue weighted by Crippen LogP contribution is -2.50. The number of hydrogen-bond donors (Lipinski definition) is 4. The van der Waals surface area contributed by atoms with E-state index in [1.54, 1.807) is 90.1 Å². The molecule has 0 radical (unpaired) electrons. The molecule has 28 nitrogen and oxygen atoms in total. The Hall–Kier alpha value is -6.33. The van der Waals surface area contributed by atoms with E-state index in [9.17, 15) is 43.2 Å². The highest BCUT2D eigenvalue weighted by Gasteiger charge is 2.26. The Kier molecular flexibility index (Phi) is 40.1. The summed E-state index contributed by atoms with van der Waals surface area (Å²) in [5.41, 5.74) is 0.965. The Bertz CT molecular complexity index is 2170. The normalized spacial score (nSPS) is 21.2. The van der Waals surface area contributed by atoms with Crippen LogP contribution in [0.3, 0.4) is 0 Å². The molecule has 10 rings (SSSR count). The number of urea groups is 4. The van der Waals surface area contributed by atoms with Gasteiger partial charge in [-0.25, -0.2) is 25.0 Å². The van der Waals surface area contributed by atoms with Crippen molar-refractivity contribution in [2.45, 2.75) is 117 Å². The first-order chi connectivity index (χ1) is 42.1. The first-order valence-corrected chi connectivity index (χ1v) is 31.7. The van der Waals surface area contributed by atoms with Crippen molar-refractivity contribution in [2.75, 3.05) is 196 Å². The highest BCUT2D eigenvalue weighted by atomic mass is 16.5. The number of aliphatic hydroxyl groups excluding tert-OH is 2. The van der Waals surface area contributed by atoms with Crippen LogP contribution in [0.1, 0.15) is 103 Å². The van der Waals surface area contributed by atoms with Gasteiger partial charge in [0.1, 0.15) is 12.7 Å². The summed E-state index contributed by atoms with van der Waals surface area (Å²) < 4.78 is 6.48. The minimum absolute atomic E-state index is 0. The lowest BCUT2D eigenvalue weighted by molar-refractivity contribution is -0.142. The molecule has 2 atom stereocenters. The molecular weight excluding hydrogens is 1160 g/mol. The molecule has 0 aromatic carbocycles. The summed E-state index contributed by atoms with van der Waals surface area (Å²) >= 11 is 0. The van der Waals surface area contributed by atoms with Crippen molar-refractivity contribution in [3.63, 3.8) is 0 Å². The first-order valence-electron chi connectivity index (χ1n) is 31.7. The fourth-order valence-electron chi connectivity index (χ4n) is 9.76. The van der Waals surface area contributed by atoms with Crippen LogP contribution < -0.4 is 16.7 Å². The summed E-state index contributed by atoms with van der Waals surface area (Å²) in [5.74, 6) is 6.13. The van der Waals surface area contributed by atoms with Crippen LogP contribution in [0, 0.1) is 5.92 Å². The number of likely N-dealkylation sites (tertiary alicyclic amines) is 3. The van der Waals surface area contributed by atoms with Crippen LogP contribution in [0.25, 0.3) is 0 Å². The van der Waals surface area contributed by atoms with E-state index < -0.39 is 6.10 Å². The molecule has 1 aliphatic carbocycles. The molecule has 9 aliphatic rings. The Morgan fingerprint density at radius 2 is 1.02 bits per heavy atom. The van der Waals surface area contributed by atoms with E-state index in [4.69, 9.17) is 20.8 Å². The number of carbonyl (C=O) groups excluding carboxylic acids is 8. The fraction of sp³-hybridized carbons (Fsp3) is 0.790. The highest BCUT2D eigenvalue weighted by molar-refractivity contribution is 5.81. The summed E-state index contributed by atoms with van der Waals surface area (Å²) in [6.07, 6.45) is 14.5. The van der Waals surface area contributed by atoms with Crippen LogP contribution >= 0.6 is 0 Å². The smallest absolute Gasteiger partial charge is 0.333 e. The van der Waals surface area contributed by atoms with Crippen molar-refractivity contribution < 1.29 is 53.3 Å². The number of rotatable bonds is 8. The van der Waals surface area contributed by atoms with Gasteiger partial charge in [0.15, 0.2) is 0 Å². The highest BCUT2D eigenvalue weighted by Crippen LogP contribution is 2.19. The second-order valence-corrected chi connectivity index (χ2v) is 24.3. The predicted octanol–water partition coefficient (Wildman–Crippen LogP) is 1.88. The number of pyridine rings is 1. The quantitative estimate of drug-likeness (QED) is 0.214. The zero-order valence-electron chi connectivity index (χ0n) is 56.4. The zero-order valence-corrected chi connectivity index (χ0v) is 56.4. The molecule has 518 valence electrons. The number of aryl methyl sites for hydroxylation is 1. The van der Waals surface area contributed by atoms with Crippen molar-refractivity contribution in [1.82, 2.24) is 73.7 Å². The summed E-state index contributed by atoms with van der Waals surface area (Å²) in [4.78, 5) is 120. The van der Waals surface area contributed by atoms with Gasteiger partial charge in [-0.15, -0.1) is 0 Å². The third-order valence-corrected chi connectivity index (χ3v) is 16.0. The number of β-amino-alcohol motifs (C(OH)–C–C–N with tert-alkyl or cyclic N) is 1. The molecule has 5 N–H and O–H groups in total. The van der Waals surface area contributed by atoms with Crippen molar-refractivity contribution in [3.05, 3.63) is 34.2 Å². The average molecular weight is 1280 g/mol. The number of hydrazine groups is 1. The second kappa shape index (κ2) is 44.2. The van der Waals surface area contributed by atoms with E-state index in [2.05, 4.69) is 10.2 Å². The Morgan fingerprint density at radius 3 is 1.43 bits per heavy atom. The van der Waals surface area contributed by atoms with Gasteiger partial charge in [0.25, 0.3) is 11.5 Å². The maximum atomic E-state index is 11.6. The minimum atomic E-state index is -0.733. The number of piperidine rings is 3. The monoisotopic (exact) mass is 1280 g/mol. The molecule has 1 aromatic heterocycles. The Balaban J connectivity index is 0.000000508. The van der Waals surface area contributed by atoms with Crippen molar-refractivity contribution in [3.8, 4) is 0 Å². The van der Waals surface area contributed by atoms with Crippen LogP contribution in [0.5, 0.6) is 0 Å². The number of aromatic nitrogens is 1. The van der Waals surface area contributed by atoms with Crippen molar-refractivity contribution in [2.24, 2.45) is 18.8 Å². The number of carbonyl (C=O) groups is 8. The van der Waals surface area contributed by atoms with E-state index in [0.29, 0.717) is 50.5 Å². The molecule has 8 aliphatic heterocycles. The second-order valence-electron chi connectivity index (χ2n) is 24.3. The summed E-state index contributed by atoms with van der Waals surface area (Å²) in [6, 6.07) is 4.72. The van der Waals surface area contributed by atoms with Crippen LogP contribution in [0.2, 0.25) is 0 Å². The predicted molar refractivity (Wildman–Crippen MR) is 350 cm³/mol. The number of morpholine rings is 1. The van der Waals surface area contributed by atoms with Gasteiger partial charge in [-0.3, -0.25) is 29.0 Å². The molecule has 1 aromatic rings. The van der Waals surface area contributed by atoms with E-state index in [0.717, 1.165) is 142 Å². The first kappa shape index (κ1) is 81.7. The van der Waals surface area contributed by atoms with E-state index in [-0.39, 0.29) is 68.1 Å². The number of nitrogens with two attached hydrogens (primary N) is 1. The van der Waals surface area contributed by atoms with Crippen LogP contribution in [-0.4, -0.2) is 334 Å². The van der Waals surface area contributed by atoms with Crippen LogP contribution in [0.15, 0.2) is 23.1 Å². The van der Waals surface area contributed by atoms with Crippen molar-refractivity contribution in [1.29, 1.82) is 0 Å². The Morgan fingerprint density at radius 1 is 0.544 bits per heavy atom. The number of amides is 12. The number of ether oxygens (including phenoxy) is 1. The number of hydrogen-bond acceptors (Lipinski definition) is 15. The number of nitrogens with one attached hydrogen (secondary N) is 1. The van der Waals surface area contributed by atoms with Gasteiger partial charge < -0.3 is 83.6 Å². The van der Waals surface area contributed by atoms with Gasteiger partial charge in [-0.1, -0.05) is 20.4 Å². The molecule has 0 spiro atoms. The topological polar surface area (TPSA) is 288 Å². The molecular formula is C62H118N16O12. The van der Waals surface area contributed by atoms with E-state index >= 15 is 0 Å². The maximum absolute atomic E-state index is 11.6. The molecule has 1 saturated carbocycles. The molecule has 9 heterocycles. The van der Waals surface area contributed by atoms with E-state index in [1.165, 1.54) is 30.7 Å². The molecule has 2 unspecified atom stereocenters. The molecule has 28 heteroatoms. The molecule has 8 saturated heterocycles. The van der Waals surface area contributed by atoms with Crippen LogP contribution in [-0.2, 0) is 37.5 Å². The van der Waals surface area contributed by atoms with E-state index in [1.807, 2.05) is 78.2 Å². The minimum Gasteiger partial charge on any atom is -0.395 e. The standard InChI is InChI=1S/C10H14N2O.C9H19N3O.C7H14N2O2.C7H13NO.C6H12N2O.C6H11NO2.C6H11NO.C5H11N3O.C5H9NO2.CH4/c1-12-6-2-3-8(10(12)13)7-11-9-4-5-9;1-10(2)7-8-12-6-4-5-11(3)9(12)13;1-8-3-2-4-9(5-6-10)7(8)11;1-6-4-3-5-8(2)7(6)9;1-7-4-3-5-8(2)6(7)9;1-7-4-2-3-5(8)6(7)9;1-7-5-3-2-4-6(7)8;1-7-3-2-4-8(6)5(7)9;1-6-2-3-8-4-5(6)7;/h2-3,6,9,11H,4-5,7H2,1H3;4-8H2,1-3H3;10H,2-6H2,1H3;6H,3-5H2,1-2H3;3-5H2,1-2H3;5,8H,2-4H2,1H3;2-5H2,1H3;2-4,6H2,1H3;2-4H2,1H3;1H4. The number of nitrogens with zero attached hydrogens (tertiary/aromatic N) is 14. The largest absolute Gasteiger partial charge is 0.395 e. The summed E-state index contributed by atoms with van der Waals surface area (Å²) in [5, 5.41) is 22.1. The summed E-state index contributed by atoms with van der Waals surface area (Å²) in [6.45, 7) is 16.1. The maximum Gasteiger partial charge on any atom is 0.333 e. The van der Waals surface area contributed by atoms with Gasteiger partial charge in [0.2, 0.25) is 17.7 Å². The fourth-order valence-corrected chi connectivity index (χ4v) is 9.76. The molecule has 12 amide bonds. The molecule has 90 heavy (non-hydrogen) atoms. The summed E-state index contributed by atoms with van der Waals surface area (Å²) in [7, 11) is 22.1. The van der Waals surface area contributed by atoms with Gasteiger partial charge in [-0.2, -0.15) is 0 Å². The van der Waals surface area contributed by atoms with Gasteiger partial charge >= 0.3 is 24.1 Å².